The van der Waals surface area contributed by atoms with Crippen LogP contribution in [0, 0.1) is 11.3 Å². The summed E-state index contributed by atoms with van der Waals surface area (Å²) in [5, 5.41) is 22.6. The van der Waals surface area contributed by atoms with Crippen molar-refractivity contribution in [2.45, 2.75) is 13.0 Å². The van der Waals surface area contributed by atoms with Gasteiger partial charge in [-0.15, -0.1) is 0 Å². The molecule has 0 saturated carbocycles. The molecular weight excluding hydrogens is 338 g/mol. The SMILES string of the molecule is N#C/C(=C/NCc1ccc(Br)cc1)C(=O)NCCC(=O)O. The summed E-state index contributed by atoms with van der Waals surface area (Å²) in [5.41, 5.74) is 0.899. The number of carboxylic acids is 1. The zero-order chi connectivity index (χ0) is 15.7. The third-order valence-corrected chi connectivity index (χ3v) is 2.98. The highest BCUT2D eigenvalue weighted by Gasteiger charge is 2.08. The molecule has 0 heterocycles. The van der Waals surface area contributed by atoms with Gasteiger partial charge in [0.25, 0.3) is 5.91 Å². The van der Waals surface area contributed by atoms with E-state index in [0.717, 1.165) is 10.0 Å². The van der Waals surface area contributed by atoms with Crippen molar-refractivity contribution in [2.75, 3.05) is 6.54 Å². The third-order valence-electron chi connectivity index (χ3n) is 2.46. The topological polar surface area (TPSA) is 102 Å². The zero-order valence-electron chi connectivity index (χ0n) is 11.1. The fourth-order valence-corrected chi connectivity index (χ4v) is 1.66. The van der Waals surface area contributed by atoms with Crippen LogP contribution >= 0.6 is 15.9 Å². The minimum Gasteiger partial charge on any atom is -0.481 e. The molecule has 0 bridgehead atoms. The fourth-order valence-electron chi connectivity index (χ4n) is 1.40. The number of hydrogen-bond acceptors (Lipinski definition) is 4. The summed E-state index contributed by atoms with van der Waals surface area (Å²) in [7, 11) is 0. The monoisotopic (exact) mass is 351 g/mol. The first-order chi connectivity index (χ1) is 10.0. The van der Waals surface area contributed by atoms with Crippen LogP contribution in [0.3, 0.4) is 0 Å². The minimum atomic E-state index is -1.01. The Morgan fingerprint density at radius 1 is 1.33 bits per heavy atom. The lowest BCUT2D eigenvalue weighted by Crippen LogP contribution is -2.27. The molecule has 0 unspecified atom stereocenters. The van der Waals surface area contributed by atoms with E-state index in [1.54, 1.807) is 6.07 Å². The molecule has 0 aliphatic rings. The standard InChI is InChI=1S/C14H14BrN3O3/c15-12-3-1-10(2-4-12)8-17-9-11(7-16)14(21)18-6-5-13(19)20/h1-4,9,17H,5-6,8H2,(H,18,21)(H,19,20)/b11-9-. The van der Waals surface area contributed by atoms with Crippen LogP contribution in [0.2, 0.25) is 0 Å². The van der Waals surface area contributed by atoms with Crippen LogP contribution in [0.5, 0.6) is 0 Å². The van der Waals surface area contributed by atoms with Gasteiger partial charge in [0.1, 0.15) is 11.6 Å². The van der Waals surface area contributed by atoms with Crippen molar-refractivity contribution in [3.63, 3.8) is 0 Å². The van der Waals surface area contributed by atoms with Crippen molar-refractivity contribution in [1.29, 1.82) is 5.26 Å². The van der Waals surface area contributed by atoms with E-state index in [-0.39, 0.29) is 18.5 Å². The largest absolute Gasteiger partial charge is 0.481 e. The molecule has 110 valence electrons. The number of carbonyl (C=O) groups is 2. The summed E-state index contributed by atoms with van der Waals surface area (Å²) in [5.74, 6) is -1.60. The molecule has 0 aliphatic carbocycles. The van der Waals surface area contributed by atoms with Gasteiger partial charge in [0.05, 0.1) is 6.42 Å². The van der Waals surface area contributed by atoms with Crippen LogP contribution in [0.4, 0.5) is 0 Å². The van der Waals surface area contributed by atoms with E-state index in [9.17, 15) is 9.59 Å². The number of nitrogens with one attached hydrogen (secondary N) is 2. The first-order valence-electron chi connectivity index (χ1n) is 6.11. The Labute approximate surface area is 130 Å². The highest BCUT2D eigenvalue weighted by atomic mass is 79.9. The molecule has 1 amide bonds. The Hall–Kier alpha value is -2.33. The molecule has 0 aliphatic heterocycles. The molecule has 0 fully saturated rings. The molecule has 0 spiro atoms. The van der Waals surface area contributed by atoms with E-state index >= 15 is 0 Å². The number of hydrogen-bond donors (Lipinski definition) is 3. The molecule has 0 atom stereocenters. The van der Waals surface area contributed by atoms with E-state index in [1.165, 1.54) is 6.20 Å². The van der Waals surface area contributed by atoms with Gasteiger partial charge >= 0.3 is 5.97 Å². The summed E-state index contributed by atoms with van der Waals surface area (Å²) in [4.78, 5) is 21.9. The van der Waals surface area contributed by atoms with Gasteiger partial charge in [-0.1, -0.05) is 28.1 Å². The Bertz CT molecular complexity index is 576. The van der Waals surface area contributed by atoms with Crippen LogP contribution in [0.1, 0.15) is 12.0 Å². The van der Waals surface area contributed by atoms with Crippen LogP contribution in [-0.2, 0) is 16.1 Å². The lowest BCUT2D eigenvalue weighted by atomic mass is 10.2. The highest BCUT2D eigenvalue weighted by molar-refractivity contribution is 9.10. The number of rotatable bonds is 7. The van der Waals surface area contributed by atoms with Crippen molar-refractivity contribution in [3.05, 3.63) is 46.1 Å². The fraction of sp³-hybridized carbons (Fsp3) is 0.214. The number of carbonyl (C=O) groups excluding carboxylic acids is 1. The normalized spacial score (nSPS) is 10.6. The maximum absolute atomic E-state index is 11.6. The highest BCUT2D eigenvalue weighted by Crippen LogP contribution is 2.10. The van der Waals surface area contributed by atoms with Gasteiger partial charge in [-0.25, -0.2) is 0 Å². The number of benzene rings is 1. The van der Waals surface area contributed by atoms with Crippen molar-refractivity contribution in [1.82, 2.24) is 10.6 Å². The molecule has 0 aromatic heterocycles. The van der Waals surface area contributed by atoms with E-state index in [2.05, 4.69) is 26.6 Å². The maximum Gasteiger partial charge on any atom is 0.305 e. The average Bonchev–Trinajstić information content (AvgIpc) is 2.45. The number of nitrogens with zero attached hydrogens (tertiary/aromatic N) is 1. The Morgan fingerprint density at radius 2 is 2.00 bits per heavy atom. The molecule has 0 saturated heterocycles. The zero-order valence-corrected chi connectivity index (χ0v) is 12.7. The second-order valence-corrected chi connectivity index (χ2v) is 4.99. The van der Waals surface area contributed by atoms with E-state index < -0.39 is 11.9 Å². The quantitative estimate of drug-likeness (QED) is 0.510. The Kier molecular flexibility index (Phi) is 6.98. The van der Waals surface area contributed by atoms with Crippen molar-refractivity contribution >= 4 is 27.8 Å². The van der Waals surface area contributed by atoms with Crippen LogP contribution in [0.15, 0.2) is 40.5 Å². The summed E-state index contributed by atoms with van der Waals surface area (Å²) in [6.45, 7) is 0.459. The van der Waals surface area contributed by atoms with Gasteiger partial charge in [0.2, 0.25) is 0 Å². The second kappa shape index (κ2) is 8.76. The number of carboxylic acid groups (broad SMARTS) is 1. The summed E-state index contributed by atoms with van der Waals surface area (Å²) in [6.07, 6.45) is 1.13. The van der Waals surface area contributed by atoms with Gasteiger partial charge < -0.3 is 15.7 Å². The van der Waals surface area contributed by atoms with Crippen molar-refractivity contribution in [3.8, 4) is 6.07 Å². The lowest BCUT2D eigenvalue weighted by Gasteiger charge is -2.04. The molecule has 1 rings (SSSR count). The molecular formula is C14H14BrN3O3. The molecule has 21 heavy (non-hydrogen) atoms. The van der Waals surface area contributed by atoms with Crippen molar-refractivity contribution in [2.24, 2.45) is 0 Å². The molecule has 0 radical (unpaired) electrons. The first-order valence-corrected chi connectivity index (χ1v) is 6.90. The molecule has 7 heteroatoms. The average molecular weight is 352 g/mol. The number of amides is 1. The molecule has 6 nitrogen and oxygen atoms in total. The van der Waals surface area contributed by atoms with Gasteiger partial charge in [-0.05, 0) is 17.7 Å². The smallest absolute Gasteiger partial charge is 0.305 e. The predicted molar refractivity (Wildman–Crippen MR) is 79.9 cm³/mol. The summed E-state index contributed by atoms with van der Waals surface area (Å²) < 4.78 is 0.970. The Morgan fingerprint density at radius 3 is 2.57 bits per heavy atom. The van der Waals surface area contributed by atoms with Crippen LogP contribution in [0.25, 0.3) is 0 Å². The van der Waals surface area contributed by atoms with Gasteiger partial charge in [0, 0.05) is 23.8 Å². The van der Waals surface area contributed by atoms with Crippen LogP contribution < -0.4 is 10.6 Å². The summed E-state index contributed by atoms with van der Waals surface area (Å²) in [6, 6.07) is 9.37. The second-order valence-electron chi connectivity index (χ2n) is 4.08. The van der Waals surface area contributed by atoms with E-state index in [4.69, 9.17) is 10.4 Å². The lowest BCUT2D eigenvalue weighted by molar-refractivity contribution is -0.136. The van der Waals surface area contributed by atoms with E-state index in [1.807, 2.05) is 24.3 Å². The molecule has 1 aromatic rings. The third kappa shape index (κ3) is 6.58. The number of aliphatic carboxylic acids is 1. The molecule has 1 aromatic carbocycles. The summed E-state index contributed by atoms with van der Waals surface area (Å²) >= 11 is 3.33. The molecule has 3 N–H and O–H groups in total. The van der Waals surface area contributed by atoms with E-state index in [0.29, 0.717) is 6.54 Å². The minimum absolute atomic E-state index is 0.0140. The number of nitriles is 1. The number of halogens is 1. The maximum atomic E-state index is 11.6. The van der Waals surface area contributed by atoms with Gasteiger partial charge in [-0.3, -0.25) is 9.59 Å². The van der Waals surface area contributed by atoms with Crippen molar-refractivity contribution < 1.29 is 14.7 Å². The predicted octanol–water partition coefficient (Wildman–Crippen LogP) is 1.54. The van der Waals surface area contributed by atoms with Gasteiger partial charge in [-0.2, -0.15) is 5.26 Å². The van der Waals surface area contributed by atoms with Gasteiger partial charge in [0.15, 0.2) is 0 Å². The Balaban J connectivity index is 2.47. The first kappa shape index (κ1) is 16.7. The van der Waals surface area contributed by atoms with Crippen LogP contribution in [-0.4, -0.2) is 23.5 Å².